The second-order valence-corrected chi connectivity index (χ2v) is 7.96. The van der Waals surface area contributed by atoms with Crippen LogP contribution < -0.4 is 9.73 Å². The Morgan fingerprint density at radius 2 is 1.88 bits per heavy atom. The molecule has 0 saturated carbocycles. The van der Waals surface area contributed by atoms with Crippen molar-refractivity contribution in [1.82, 2.24) is 5.43 Å². The van der Waals surface area contributed by atoms with Crippen molar-refractivity contribution in [2.75, 3.05) is 17.1 Å². The van der Waals surface area contributed by atoms with Crippen molar-refractivity contribution in [1.29, 1.82) is 0 Å². The Kier molecular flexibility index (Phi) is 6.57. The summed E-state index contributed by atoms with van der Waals surface area (Å²) in [5.74, 6) is -1.20. The fraction of sp³-hybridized carbons (Fsp3) is 0.125. The quantitative estimate of drug-likeness (QED) is 0.579. The first-order chi connectivity index (χ1) is 12.2. The molecule has 0 radical (unpaired) electrons. The van der Waals surface area contributed by atoms with Crippen LogP contribution in [0.3, 0.4) is 0 Å². The van der Waals surface area contributed by atoms with Crippen molar-refractivity contribution in [2.45, 2.75) is 0 Å². The largest absolute Gasteiger partial charge is 0.271 e. The van der Waals surface area contributed by atoms with E-state index in [4.69, 9.17) is 23.2 Å². The van der Waals surface area contributed by atoms with Crippen LogP contribution in [0, 0.1) is 5.82 Å². The first-order valence-corrected chi connectivity index (χ1v) is 9.77. The normalized spacial score (nSPS) is 11.5. The highest BCUT2D eigenvalue weighted by molar-refractivity contribution is 7.92. The fourth-order valence-corrected chi connectivity index (χ4v) is 3.27. The van der Waals surface area contributed by atoms with Crippen LogP contribution >= 0.6 is 23.2 Å². The third kappa shape index (κ3) is 5.69. The average molecular weight is 418 g/mol. The Balaban J connectivity index is 2.08. The molecular formula is C16H14Cl2FN3O3S. The number of hydrogen-bond donors (Lipinski definition) is 1. The highest BCUT2D eigenvalue weighted by atomic mass is 35.5. The number of sulfonamides is 1. The molecule has 138 valence electrons. The third-order valence-electron chi connectivity index (χ3n) is 3.16. The minimum atomic E-state index is -3.75. The second-order valence-electron chi connectivity index (χ2n) is 5.21. The summed E-state index contributed by atoms with van der Waals surface area (Å²) in [6.45, 7) is -0.518. The second kappa shape index (κ2) is 8.48. The van der Waals surface area contributed by atoms with Crippen molar-refractivity contribution in [3.63, 3.8) is 0 Å². The molecule has 2 aromatic rings. The van der Waals surface area contributed by atoms with Gasteiger partial charge in [0.1, 0.15) is 12.4 Å². The maximum atomic E-state index is 13.0. The van der Waals surface area contributed by atoms with Crippen molar-refractivity contribution < 1.29 is 17.6 Å². The number of nitrogens with zero attached hydrogens (tertiary/aromatic N) is 2. The maximum absolute atomic E-state index is 13.0. The first-order valence-electron chi connectivity index (χ1n) is 7.17. The van der Waals surface area contributed by atoms with Crippen molar-refractivity contribution in [2.24, 2.45) is 5.10 Å². The Morgan fingerprint density at radius 1 is 1.23 bits per heavy atom. The molecule has 6 nitrogen and oxygen atoms in total. The zero-order chi connectivity index (χ0) is 19.3. The molecule has 0 heterocycles. The molecule has 2 aromatic carbocycles. The topological polar surface area (TPSA) is 78.8 Å². The highest BCUT2D eigenvalue weighted by Crippen LogP contribution is 2.19. The van der Waals surface area contributed by atoms with E-state index in [1.54, 1.807) is 12.1 Å². The molecule has 1 N–H and O–H groups in total. The van der Waals surface area contributed by atoms with Gasteiger partial charge >= 0.3 is 0 Å². The highest BCUT2D eigenvalue weighted by Gasteiger charge is 2.20. The van der Waals surface area contributed by atoms with Crippen LogP contribution in [0.15, 0.2) is 47.6 Å². The van der Waals surface area contributed by atoms with Crippen molar-refractivity contribution in [3.8, 4) is 0 Å². The van der Waals surface area contributed by atoms with Gasteiger partial charge in [-0.05, 0) is 36.4 Å². The molecule has 0 unspecified atom stereocenters. The van der Waals surface area contributed by atoms with Crippen LogP contribution in [-0.2, 0) is 14.8 Å². The predicted molar refractivity (Wildman–Crippen MR) is 101 cm³/mol. The third-order valence-corrected chi connectivity index (χ3v) is 4.86. The van der Waals surface area contributed by atoms with E-state index in [0.717, 1.165) is 22.7 Å². The molecule has 10 heteroatoms. The van der Waals surface area contributed by atoms with E-state index in [1.165, 1.54) is 24.4 Å². The summed E-state index contributed by atoms with van der Waals surface area (Å²) >= 11 is 11.8. The van der Waals surface area contributed by atoms with Gasteiger partial charge in [-0.1, -0.05) is 29.3 Å². The number of carbonyl (C=O) groups excluding carboxylic acids is 1. The molecule has 1 amide bonds. The van der Waals surface area contributed by atoms with Crippen LogP contribution in [0.25, 0.3) is 0 Å². The van der Waals surface area contributed by atoms with Gasteiger partial charge < -0.3 is 0 Å². The summed E-state index contributed by atoms with van der Waals surface area (Å²) in [5.41, 5.74) is 2.90. The van der Waals surface area contributed by atoms with Gasteiger partial charge in [-0.2, -0.15) is 5.10 Å². The SMILES string of the molecule is CS(=O)(=O)N(CC(=O)N/N=C\c1ccc(Cl)cc1Cl)c1ccc(F)cc1. The zero-order valence-corrected chi connectivity index (χ0v) is 15.8. The van der Waals surface area contributed by atoms with Crippen LogP contribution in [-0.4, -0.2) is 33.3 Å². The van der Waals surface area contributed by atoms with Gasteiger partial charge in [0.2, 0.25) is 10.0 Å². The van der Waals surface area contributed by atoms with Gasteiger partial charge in [-0.25, -0.2) is 18.2 Å². The lowest BCUT2D eigenvalue weighted by Gasteiger charge is -2.21. The minimum Gasteiger partial charge on any atom is -0.271 e. The summed E-state index contributed by atoms with van der Waals surface area (Å²) in [5, 5.41) is 4.55. The fourth-order valence-electron chi connectivity index (χ4n) is 1.95. The molecule has 0 fully saturated rings. The summed E-state index contributed by atoms with van der Waals surface area (Å²) in [4.78, 5) is 12.0. The number of hydrazone groups is 1. The Labute approximate surface area is 160 Å². The van der Waals surface area contributed by atoms with E-state index in [-0.39, 0.29) is 5.69 Å². The molecule has 0 aromatic heterocycles. The lowest BCUT2D eigenvalue weighted by atomic mass is 10.2. The molecule has 0 aliphatic carbocycles. The molecule has 26 heavy (non-hydrogen) atoms. The number of hydrogen-bond acceptors (Lipinski definition) is 4. The van der Waals surface area contributed by atoms with Crippen LogP contribution in [0.4, 0.5) is 10.1 Å². The first kappa shape index (κ1) is 20.2. The molecular weight excluding hydrogens is 404 g/mol. The molecule has 2 rings (SSSR count). The molecule has 0 aliphatic heterocycles. The molecule has 0 spiro atoms. The van der Waals surface area contributed by atoms with E-state index in [1.807, 2.05) is 0 Å². The maximum Gasteiger partial charge on any atom is 0.260 e. The van der Waals surface area contributed by atoms with Crippen LogP contribution in [0.1, 0.15) is 5.56 Å². The summed E-state index contributed by atoms with van der Waals surface area (Å²) < 4.78 is 37.7. The van der Waals surface area contributed by atoms with Gasteiger partial charge in [0.05, 0.1) is 23.2 Å². The van der Waals surface area contributed by atoms with E-state index < -0.39 is 28.3 Å². The Morgan fingerprint density at radius 3 is 2.46 bits per heavy atom. The van der Waals surface area contributed by atoms with E-state index in [0.29, 0.717) is 15.6 Å². The summed E-state index contributed by atoms with van der Waals surface area (Å²) in [7, 11) is -3.75. The van der Waals surface area contributed by atoms with Crippen molar-refractivity contribution in [3.05, 3.63) is 63.9 Å². The molecule has 0 atom stereocenters. The average Bonchev–Trinajstić information content (AvgIpc) is 2.55. The summed E-state index contributed by atoms with van der Waals surface area (Å²) in [6, 6.07) is 9.48. The Bertz CT molecular complexity index is 934. The summed E-state index contributed by atoms with van der Waals surface area (Å²) in [6.07, 6.45) is 2.25. The molecule has 0 saturated heterocycles. The number of rotatable bonds is 6. The lowest BCUT2D eigenvalue weighted by molar-refractivity contribution is -0.119. The van der Waals surface area contributed by atoms with Crippen molar-refractivity contribution >= 4 is 51.0 Å². The zero-order valence-electron chi connectivity index (χ0n) is 13.5. The Hall–Kier alpha value is -2.16. The van der Waals surface area contributed by atoms with Gasteiger partial charge in [0.15, 0.2) is 0 Å². The van der Waals surface area contributed by atoms with Gasteiger partial charge in [0.25, 0.3) is 5.91 Å². The molecule has 0 aliphatic rings. The number of anilines is 1. The number of halogens is 3. The predicted octanol–water partition coefficient (Wildman–Crippen LogP) is 3.05. The lowest BCUT2D eigenvalue weighted by Crippen LogP contribution is -2.39. The standard InChI is InChI=1S/C16H14Cl2FN3O3S/c1-26(24,25)22(14-6-4-13(19)5-7-14)10-16(23)21-20-9-11-2-3-12(17)8-15(11)18/h2-9H,10H2,1H3,(H,21,23)/b20-9-. The number of benzene rings is 2. The minimum absolute atomic E-state index is 0.161. The van der Waals surface area contributed by atoms with Gasteiger partial charge in [-0.3, -0.25) is 9.10 Å². The van der Waals surface area contributed by atoms with Gasteiger partial charge in [0, 0.05) is 10.6 Å². The van der Waals surface area contributed by atoms with Crippen LogP contribution in [0.2, 0.25) is 10.0 Å². The number of amides is 1. The van der Waals surface area contributed by atoms with E-state index in [9.17, 15) is 17.6 Å². The van der Waals surface area contributed by atoms with E-state index >= 15 is 0 Å². The van der Waals surface area contributed by atoms with Crippen LogP contribution in [0.5, 0.6) is 0 Å². The van der Waals surface area contributed by atoms with E-state index in [2.05, 4.69) is 10.5 Å². The molecule has 0 bridgehead atoms. The number of carbonyl (C=O) groups is 1. The number of nitrogens with one attached hydrogen (secondary N) is 1. The smallest absolute Gasteiger partial charge is 0.260 e. The van der Waals surface area contributed by atoms with Gasteiger partial charge in [-0.15, -0.1) is 0 Å². The monoisotopic (exact) mass is 417 g/mol.